The second-order valence-electron chi connectivity index (χ2n) is 4.26. The van der Waals surface area contributed by atoms with Crippen LogP contribution in [0.2, 0.25) is 0 Å². The second kappa shape index (κ2) is 6.36. The monoisotopic (exact) mass is 189 g/mol. The third kappa shape index (κ3) is 5.25. The number of hydrogen-bond acceptors (Lipinski definition) is 1. The molecule has 2 unspecified atom stereocenters. The Kier molecular flexibility index (Phi) is 6.31. The standard InChI is InChI=1S/C11H24FN/c1-5-11(13)7-6-8(2)9(3)10(4)12/h8-11H,5-7,13H2,1-4H3/t8-,9?,10-,11?/m1/s1. The maximum atomic E-state index is 12.9. The van der Waals surface area contributed by atoms with Crippen LogP contribution in [0.5, 0.6) is 0 Å². The van der Waals surface area contributed by atoms with E-state index in [9.17, 15) is 4.39 Å². The molecule has 0 aromatic rings. The molecule has 0 aromatic carbocycles. The van der Waals surface area contributed by atoms with Gasteiger partial charge in [-0.25, -0.2) is 4.39 Å². The van der Waals surface area contributed by atoms with Crippen molar-refractivity contribution in [2.24, 2.45) is 17.6 Å². The van der Waals surface area contributed by atoms with Gasteiger partial charge < -0.3 is 5.73 Å². The van der Waals surface area contributed by atoms with Gasteiger partial charge in [-0.1, -0.05) is 20.8 Å². The highest BCUT2D eigenvalue weighted by Gasteiger charge is 2.18. The van der Waals surface area contributed by atoms with Crippen LogP contribution in [0.15, 0.2) is 0 Å². The molecule has 0 heterocycles. The minimum absolute atomic E-state index is 0.157. The predicted octanol–water partition coefficient (Wildman–Crippen LogP) is 3.13. The topological polar surface area (TPSA) is 26.0 Å². The van der Waals surface area contributed by atoms with Crippen molar-refractivity contribution in [2.45, 2.75) is 59.2 Å². The number of alkyl halides is 1. The lowest BCUT2D eigenvalue weighted by Crippen LogP contribution is -2.23. The van der Waals surface area contributed by atoms with Crippen molar-refractivity contribution >= 4 is 0 Å². The van der Waals surface area contributed by atoms with E-state index in [2.05, 4.69) is 13.8 Å². The van der Waals surface area contributed by atoms with Crippen molar-refractivity contribution in [3.05, 3.63) is 0 Å². The highest BCUT2D eigenvalue weighted by Crippen LogP contribution is 2.22. The van der Waals surface area contributed by atoms with Gasteiger partial charge in [0.1, 0.15) is 6.17 Å². The van der Waals surface area contributed by atoms with Crippen LogP contribution in [0, 0.1) is 11.8 Å². The van der Waals surface area contributed by atoms with Crippen LogP contribution < -0.4 is 5.73 Å². The van der Waals surface area contributed by atoms with Crippen molar-refractivity contribution in [2.75, 3.05) is 0 Å². The zero-order valence-corrected chi connectivity index (χ0v) is 9.39. The lowest BCUT2D eigenvalue weighted by atomic mass is 9.87. The molecule has 0 saturated carbocycles. The molecule has 0 rings (SSSR count). The molecule has 2 N–H and O–H groups in total. The number of hydrogen-bond donors (Lipinski definition) is 1. The van der Waals surface area contributed by atoms with Crippen molar-refractivity contribution in [3.63, 3.8) is 0 Å². The fourth-order valence-corrected chi connectivity index (χ4v) is 1.40. The third-order valence-corrected chi connectivity index (χ3v) is 3.14. The number of rotatable bonds is 6. The van der Waals surface area contributed by atoms with Crippen LogP contribution in [-0.2, 0) is 0 Å². The van der Waals surface area contributed by atoms with E-state index in [1.165, 1.54) is 0 Å². The highest BCUT2D eigenvalue weighted by molar-refractivity contribution is 4.69. The fraction of sp³-hybridized carbons (Fsp3) is 1.00. The zero-order valence-electron chi connectivity index (χ0n) is 9.39. The fourth-order valence-electron chi connectivity index (χ4n) is 1.40. The van der Waals surface area contributed by atoms with Gasteiger partial charge >= 0.3 is 0 Å². The maximum absolute atomic E-state index is 12.9. The summed E-state index contributed by atoms with van der Waals surface area (Å²) in [5.74, 6) is 0.599. The molecule has 0 spiro atoms. The average Bonchev–Trinajstić information content (AvgIpc) is 2.11. The molecule has 80 valence electrons. The summed E-state index contributed by atoms with van der Waals surface area (Å²) in [6, 6.07) is 0.296. The van der Waals surface area contributed by atoms with Crippen LogP contribution in [0.25, 0.3) is 0 Å². The molecule has 0 bridgehead atoms. The summed E-state index contributed by atoms with van der Waals surface area (Å²) in [4.78, 5) is 0. The summed E-state index contributed by atoms with van der Waals surface area (Å²) >= 11 is 0. The summed E-state index contributed by atoms with van der Waals surface area (Å²) in [6.07, 6.45) is 2.39. The van der Waals surface area contributed by atoms with E-state index in [1.807, 2.05) is 6.92 Å². The van der Waals surface area contributed by atoms with Gasteiger partial charge in [-0.05, 0) is 38.0 Å². The van der Waals surface area contributed by atoms with E-state index in [-0.39, 0.29) is 5.92 Å². The molecule has 0 aliphatic rings. The largest absolute Gasteiger partial charge is 0.328 e. The van der Waals surface area contributed by atoms with Gasteiger partial charge in [0.25, 0.3) is 0 Å². The van der Waals surface area contributed by atoms with Gasteiger partial charge in [-0.2, -0.15) is 0 Å². The Morgan fingerprint density at radius 1 is 1.15 bits per heavy atom. The molecule has 0 saturated heterocycles. The summed E-state index contributed by atoms with van der Waals surface area (Å²) in [7, 11) is 0. The highest BCUT2D eigenvalue weighted by atomic mass is 19.1. The Morgan fingerprint density at radius 2 is 1.69 bits per heavy atom. The Hall–Kier alpha value is -0.110. The SMILES string of the molecule is CCC(N)CC[C@@H](C)C(C)[C@@H](C)F. The van der Waals surface area contributed by atoms with Crippen LogP contribution in [-0.4, -0.2) is 12.2 Å². The lowest BCUT2D eigenvalue weighted by molar-refractivity contribution is 0.194. The molecule has 0 radical (unpaired) electrons. The van der Waals surface area contributed by atoms with Crippen LogP contribution in [0.3, 0.4) is 0 Å². The van der Waals surface area contributed by atoms with Gasteiger partial charge in [-0.15, -0.1) is 0 Å². The third-order valence-electron chi connectivity index (χ3n) is 3.14. The Bertz CT molecular complexity index is 125. The maximum Gasteiger partial charge on any atom is 0.100 e. The minimum Gasteiger partial charge on any atom is -0.328 e. The quantitative estimate of drug-likeness (QED) is 0.682. The summed E-state index contributed by atoms with van der Waals surface area (Å²) in [5.41, 5.74) is 5.80. The number of nitrogens with two attached hydrogens (primary N) is 1. The Labute approximate surface area is 81.9 Å². The Morgan fingerprint density at radius 3 is 2.08 bits per heavy atom. The van der Waals surface area contributed by atoms with Gasteiger partial charge in [0.05, 0.1) is 0 Å². The molecule has 0 amide bonds. The Balaban J connectivity index is 3.67. The predicted molar refractivity (Wildman–Crippen MR) is 56.4 cm³/mol. The van der Waals surface area contributed by atoms with Crippen molar-refractivity contribution in [1.29, 1.82) is 0 Å². The van der Waals surface area contributed by atoms with E-state index in [4.69, 9.17) is 5.73 Å². The van der Waals surface area contributed by atoms with Gasteiger partial charge in [0, 0.05) is 6.04 Å². The second-order valence-corrected chi connectivity index (χ2v) is 4.26. The van der Waals surface area contributed by atoms with E-state index < -0.39 is 6.17 Å². The summed E-state index contributed by atoms with van der Waals surface area (Å²) in [5, 5.41) is 0. The van der Waals surface area contributed by atoms with Crippen LogP contribution >= 0.6 is 0 Å². The van der Waals surface area contributed by atoms with Crippen LogP contribution in [0.4, 0.5) is 4.39 Å². The molecule has 1 nitrogen and oxygen atoms in total. The summed E-state index contributed by atoms with van der Waals surface area (Å²) < 4.78 is 12.9. The van der Waals surface area contributed by atoms with E-state index in [1.54, 1.807) is 6.92 Å². The first-order valence-electron chi connectivity index (χ1n) is 5.38. The van der Waals surface area contributed by atoms with Crippen molar-refractivity contribution in [1.82, 2.24) is 0 Å². The van der Waals surface area contributed by atoms with E-state index >= 15 is 0 Å². The van der Waals surface area contributed by atoms with Crippen LogP contribution in [0.1, 0.15) is 47.0 Å². The average molecular weight is 189 g/mol. The lowest BCUT2D eigenvalue weighted by Gasteiger charge is -2.22. The molecule has 0 fully saturated rings. The normalized spacial score (nSPS) is 20.8. The smallest absolute Gasteiger partial charge is 0.100 e. The molecule has 0 aliphatic heterocycles. The zero-order chi connectivity index (χ0) is 10.4. The molecule has 4 atom stereocenters. The number of halogens is 1. The first-order chi connectivity index (χ1) is 5.99. The molecule has 2 heteroatoms. The molecule has 0 aliphatic carbocycles. The van der Waals surface area contributed by atoms with Gasteiger partial charge in [0.2, 0.25) is 0 Å². The minimum atomic E-state index is -0.701. The molecular weight excluding hydrogens is 165 g/mol. The molecule has 0 aromatic heterocycles. The van der Waals surface area contributed by atoms with Gasteiger partial charge in [-0.3, -0.25) is 0 Å². The van der Waals surface area contributed by atoms with Crippen molar-refractivity contribution < 1.29 is 4.39 Å². The molecular formula is C11H24FN. The van der Waals surface area contributed by atoms with Crippen molar-refractivity contribution in [3.8, 4) is 0 Å². The first-order valence-corrected chi connectivity index (χ1v) is 5.38. The van der Waals surface area contributed by atoms with E-state index in [0.717, 1.165) is 19.3 Å². The molecule has 13 heavy (non-hydrogen) atoms. The first kappa shape index (κ1) is 12.9. The van der Waals surface area contributed by atoms with E-state index in [0.29, 0.717) is 12.0 Å². The summed E-state index contributed by atoms with van der Waals surface area (Å²) in [6.45, 7) is 7.83. The van der Waals surface area contributed by atoms with Gasteiger partial charge in [0.15, 0.2) is 0 Å².